The molecule has 0 aromatic heterocycles. The van der Waals surface area contributed by atoms with Gasteiger partial charge in [-0.3, -0.25) is 0 Å². The minimum absolute atomic E-state index is 1.21. The third-order valence-electron chi connectivity index (χ3n) is 1.69. The quantitative estimate of drug-likeness (QED) is 0.543. The summed E-state index contributed by atoms with van der Waals surface area (Å²) in [6.45, 7) is 8.22. The monoisotopic (exact) mass is 164 g/mol. The Bertz CT molecular complexity index is 192. The Morgan fingerprint density at radius 1 is 1.33 bits per heavy atom. The van der Waals surface area contributed by atoms with Gasteiger partial charge in [0.25, 0.3) is 0 Å². The largest absolute Gasteiger partial charge is 0.0874 e. The Kier molecular flexibility index (Phi) is 6.45. The van der Waals surface area contributed by atoms with Crippen molar-refractivity contribution in [3.8, 4) is 0 Å². The van der Waals surface area contributed by atoms with Crippen molar-refractivity contribution < 1.29 is 0 Å². The molecule has 0 aromatic rings. The van der Waals surface area contributed by atoms with Gasteiger partial charge in [-0.1, -0.05) is 43.7 Å². The smallest absolute Gasteiger partial charge is 0.0244 e. The van der Waals surface area contributed by atoms with E-state index in [-0.39, 0.29) is 0 Å². The van der Waals surface area contributed by atoms with E-state index in [1.54, 1.807) is 0 Å². The van der Waals surface area contributed by atoms with Crippen LogP contribution in [0.3, 0.4) is 0 Å². The van der Waals surface area contributed by atoms with Crippen LogP contribution in [0.25, 0.3) is 0 Å². The zero-order chi connectivity index (χ0) is 9.40. The van der Waals surface area contributed by atoms with Gasteiger partial charge in [0.2, 0.25) is 0 Å². The average molecular weight is 164 g/mol. The Balaban J connectivity index is 0.000000561. The van der Waals surface area contributed by atoms with Crippen LogP contribution in [0.1, 0.15) is 40.5 Å². The zero-order valence-corrected chi connectivity index (χ0v) is 8.72. The highest BCUT2D eigenvalue weighted by molar-refractivity contribution is 5.32. The molecule has 0 N–H and O–H groups in total. The molecule has 0 amide bonds. The van der Waals surface area contributed by atoms with Crippen molar-refractivity contribution in [1.29, 1.82) is 0 Å². The SMILES string of the molecule is C/C=C\C1=CC(C)=CCC1.CC. The molecule has 0 saturated carbocycles. The van der Waals surface area contributed by atoms with Gasteiger partial charge in [-0.2, -0.15) is 0 Å². The molecule has 0 spiro atoms. The Morgan fingerprint density at radius 3 is 2.50 bits per heavy atom. The van der Waals surface area contributed by atoms with Crippen molar-refractivity contribution >= 4 is 0 Å². The third kappa shape index (κ3) is 4.17. The van der Waals surface area contributed by atoms with E-state index in [1.807, 2.05) is 13.8 Å². The van der Waals surface area contributed by atoms with Gasteiger partial charge in [0.05, 0.1) is 0 Å². The second-order valence-electron chi connectivity index (χ2n) is 2.71. The summed E-state index contributed by atoms with van der Waals surface area (Å²) < 4.78 is 0. The van der Waals surface area contributed by atoms with Gasteiger partial charge in [0.15, 0.2) is 0 Å². The second kappa shape index (κ2) is 6.90. The Hall–Kier alpha value is -0.780. The number of rotatable bonds is 1. The Labute approximate surface area is 76.7 Å². The van der Waals surface area contributed by atoms with Gasteiger partial charge in [0, 0.05) is 0 Å². The summed E-state index contributed by atoms with van der Waals surface area (Å²) in [5, 5.41) is 0. The fourth-order valence-electron chi connectivity index (χ4n) is 1.24. The van der Waals surface area contributed by atoms with Gasteiger partial charge in [-0.15, -0.1) is 0 Å². The van der Waals surface area contributed by atoms with Gasteiger partial charge < -0.3 is 0 Å². The van der Waals surface area contributed by atoms with E-state index in [0.29, 0.717) is 0 Å². The normalized spacial score (nSPS) is 16.3. The van der Waals surface area contributed by atoms with Gasteiger partial charge >= 0.3 is 0 Å². The first-order valence-corrected chi connectivity index (χ1v) is 4.83. The topological polar surface area (TPSA) is 0 Å². The molecule has 1 rings (SSSR count). The van der Waals surface area contributed by atoms with Crippen LogP contribution < -0.4 is 0 Å². The van der Waals surface area contributed by atoms with Crippen LogP contribution in [0.5, 0.6) is 0 Å². The lowest BCUT2D eigenvalue weighted by Crippen LogP contribution is -1.86. The minimum Gasteiger partial charge on any atom is -0.0874 e. The summed E-state index contributed by atoms with van der Waals surface area (Å²) in [4.78, 5) is 0. The highest BCUT2D eigenvalue weighted by Crippen LogP contribution is 2.17. The fraction of sp³-hybridized carbons (Fsp3) is 0.500. The molecule has 68 valence electrons. The van der Waals surface area contributed by atoms with Crippen molar-refractivity contribution in [3.05, 3.63) is 35.5 Å². The summed E-state index contributed by atoms with van der Waals surface area (Å²) in [6.07, 6.45) is 11.3. The van der Waals surface area contributed by atoms with Crippen molar-refractivity contribution in [2.24, 2.45) is 0 Å². The van der Waals surface area contributed by atoms with Gasteiger partial charge in [-0.25, -0.2) is 0 Å². The molecule has 0 unspecified atom stereocenters. The van der Waals surface area contributed by atoms with Crippen LogP contribution in [-0.4, -0.2) is 0 Å². The van der Waals surface area contributed by atoms with Crippen LogP contribution in [0, 0.1) is 0 Å². The molecule has 0 saturated heterocycles. The highest BCUT2D eigenvalue weighted by Gasteiger charge is 1.97. The van der Waals surface area contributed by atoms with Crippen molar-refractivity contribution in [2.45, 2.75) is 40.5 Å². The summed E-state index contributed by atoms with van der Waals surface area (Å²) >= 11 is 0. The van der Waals surface area contributed by atoms with Crippen molar-refractivity contribution in [3.63, 3.8) is 0 Å². The van der Waals surface area contributed by atoms with Crippen LogP contribution in [0.15, 0.2) is 35.5 Å². The van der Waals surface area contributed by atoms with Gasteiger partial charge in [0.1, 0.15) is 0 Å². The van der Waals surface area contributed by atoms with E-state index >= 15 is 0 Å². The lowest BCUT2D eigenvalue weighted by Gasteiger charge is -2.06. The molecular formula is C12H20. The highest BCUT2D eigenvalue weighted by atomic mass is 14.0. The number of allylic oxidation sites excluding steroid dienone is 6. The molecule has 0 nitrogen and oxygen atoms in total. The molecule has 0 bridgehead atoms. The summed E-state index contributed by atoms with van der Waals surface area (Å²) in [6, 6.07) is 0. The van der Waals surface area contributed by atoms with Crippen LogP contribution in [0.4, 0.5) is 0 Å². The molecule has 0 radical (unpaired) electrons. The Morgan fingerprint density at radius 2 is 2.00 bits per heavy atom. The van der Waals surface area contributed by atoms with Crippen LogP contribution >= 0.6 is 0 Å². The van der Waals surface area contributed by atoms with E-state index in [9.17, 15) is 0 Å². The number of hydrogen-bond donors (Lipinski definition) is 0. The first kappa shape index (κ1) is 11.2. The van der Waals surface area contributed by atoms with Crippen LogP contribution in [0.2, 0.25) is 0 Å². The van der Waals surface area contributed by atoms with E-state index in [1.165, 1.54) is 24.0 Å². The van der Waals surface area contributed by atoms with E-state index in [0.717, 1.165) is 0 Å². The zero-order valence-electron chi connectivity index (χ0n) is 8.72. The second-order valence-corrected chi connectivity index (χ2v) is 2.71. The van der Waals surface area contributed by atoms with E-state index in [4.69, 9.17) is 0 Å². The van der Waals surface area contributed by atoms with E-state index in [2.05, 4.69) is 38.2 Å². The third-order valence-corrected chi connectivity index (χ3v) is 1.69. The molecule has 1 aliphatic carbocycles. The molecule has 0 atom stereocenters. The van der Waals surface area contributed by atoms with Crippen molar-refractivity contribution in [2.75, 3.05) is 0 Å². The standard InChI is InChI=1S/C10H14.C2H6/c1-3-5-10-7-4-6-9(2)8-10;1-2/h3,5-6,8H,4,7H2,1-2H3;1-2H3/b5-3-;. The predicted molar refractivity (Wildman–Crippen MR) is 57.2 cm³/mol. The molecular weight excluding hydrogens is 144 g/mol. The maximum absolute atomic E-state index is 2.28. The predicted octanol–water partition coefficient (Wildman–Crippen LogP) is 4.26. The maximum Gasteiger partial charge on any atom is -0.0244 e. The molecule has 12 heavy (non-hydrogen) atoms. The molecule has 0 heterocycles. The summed E-state index contributed by atoms with van der Waals surface area (Å²) in [5.74, 6) is 0. The van der Waals surface area contributed by atoms with Crippen LogP contribution in [-0.2, 0) is 0 Å². The number of hydrogen-bond acceptors (Lipinski definition) is 0. The first-order chi connectivity index (χ1) is 5.83. The lowest BCUT2D eigenvalue weighted by molar-refractivity contribution is 0.972. The van der Waals surface area contributed by atoms with E-state index < -0.39 is 0 Å². The summed E-state index contributed by atoms with van der Waals surface area (Å²) in [5.41, 5.74) is 2.86. The molecule has 0 fully saturated rings. The molecule has 0 aromatic carbocycles. The van der Waals surface area contributed by atoms with Gasteiger partial charge in [-0.05, 0) is 32.3 Å². The maximum atomic E-state index is 2.28. The minimum atomic E-state index is 1.21. The fourth-order valence-corrected chi connectivity index (χ4v) is 1.24. The first-order valence-electron chi connectivity index (χ1n) is 4.83. The lowest BCUT2D eigenvalue weighted by atomic mass is 10.0. The molecule has 0 aliphatic heterocycles. The summed E-state index contributed by atoms with van der Waals surface area (Å²) in [7, 11) is 0. The average Bonchev–Trinajstić information content (AvgIpc) is 2.09. The van der Waals surface area contributed by atoms with Crippen molar-refractivity contribution in [1.82, 2.24) is 0 Å². The molecule has 1 aliphatic rings. The molecule has 0 heteroatoms.